The lowest BCUT2D eigenvalue weighted by molar-refractivity contribution is 0.102. The smallest absolute Gasteiger partial charge is 0.277 e. The number of benzene rings is 1. The fourth-order valence-corrected chi connectivity index (χ4v) is 3.72. The van der Waals surface area contributed by atoms with Crippen molar-refractivity contribution in [2.24, 2.45) is 7.05 Å². The first-order valence-corrected chi connectivity index (χ1v) is 8.98. The van der Waals surface area contributed by atoms with Gasteiger partial charge in [0.2, 0.25) is 5.13 Å². The predicted molar refractivity (Wildman–Crippen MR) is 102 cm³/mol. The van der Waals surface area contributed by atoms with Crippen LogP contribution in [0.25, 0.3) is 15.3 Å². The van der Waals surface area contributed by atoms with Crippen LogP contribution < -0.4 is 5.32 Å². The Morgan fingerprint density at radius 1 is 1.12 bits per heavy atom. The number of nitrogens with zero attached hydrogens (tertiary/aromatic N) is 5. The molecule has 4 aromatic rings. The van der Waals surface area contributed by atoms with Crippen molar-refractivity contribution in [1.29, 1.82) is 0 Å². The molecule has 132 valence electrons. The predicted octanol–water partition coefficient (Wildman–Crippen LogP) is 3.39. The van der Waals surface area contributed by atoms with Crippen LogP contribution in [0.15, 0.2) is 30.5 Å². The molecule has 7 nitrogen and oxygen atoms in total. The third-order valence-corrected chi connectivity index (χ3v) is 5.19. The summed E-state index contributed by atoms with van der Waals surface area (Å²) in [5.74, 6) is 0.296. The van der Waals surface area contributed by atoms with Crippen LogP contribution in [0, 0.1) is 20.8 Å². The zero-order chi connectivity index (χ0) is 18.4. The number of fused-ring (bicyclic) bond motifs is 1. The molecule has 0 aliphatic carbocycles. The molecule has 0 bridgehead atoms. The molecule has 0 spiro atoms. The van der Waals surface area contributed by atoms with Crippen molar-refractivity contribution in [2.45, 2.75) is 20.8 Å². The van der Waals surface area contributed by atoms with Gasteiger partial charge in [0.15, 0.2) is 5.69 Å². The van der Waals surface area contributed by atoms with Crippen LogP contribution in [0.4, 0.5) is 5.82 Å². The van der Waals surface area contributed by atoms with E-state index in [2.05, 4.69) is 41.5 Å². The lowest BCUT2D eigenvalue weighted by Crippen LogP contribution is -2.16. The summed E-state index contributed by atoms with van der Waals surface area (Å²) in [6, 6.07) is 7.71. The number of hydrogen-bond donors (Lipinski definition) is 1. The summed E-state index contributed by atoms with van der Waals surface area (Å²) in [6.45, 7) is 6.05. The van der Waals surface area contributed by atoms with E-state index in [9.17, 15) is 4.79 Å². The summed E-state index contributed by atoms with van der Waals surface area (Å²) >= 11 is 1.55. The molecule has 26 heavy (non-hydrogen) atoms. The van der Waals surface area contributed by atoms with Gasteiger partial charge < -0.3 is 5.32 Å². The van der Waals surface area contributed by atoms with Gasteiger partial charge in [-0.25, -0.2) is 4.98 Å². The molecule has 1 N–H and O–H groups in total. The van der Waals surface area contributed by atoms with Gasteiger partial charge in [-0.3, -0.25) is 9.48 Å². The molecule has 4 rings (SSSR count). The molecule has 3 heterocycles. The summed E-state index contributed by atoms with van der Waals surface area (Å²) in [4.78, 5) is 17.1. The molecule has 0 saturated heterocycles. The summed E-state index contributed by atoms with van der Waals surface area (Å²) < 4.78 is 4.36. The van der Waals surface area contributed by atoms with Gasteiger partial charge in [-0.2, -0.15) is 14.9 Å². The number of hydrogen-bond acceptors (Lipinski definition) is 5. The maximum Gasteiger partial charge on any atom is 0.277 e. The van der Waals surface area contributed by atoms with E-state index in [0.29, 0.717) is 11.5 Å². The number of rotatable bonds is 3. The molecule has 1 aromatic carbocycles. The van der Waals surface area contributed by atoms with Gasteiger partial charge in [-0.1, -0.05) is 11.3 Å². The zero-order valence-corrected chi connectivity index (χ0v) is 15.8. The molecule has 0 fully saturated rings. The fraction of sp³-hybridized carbons (Fsp3) is 0.222. The second-order valence-electron chi connectivity index (χ2n) is 6.31. The van der Waals surface area contributed by atoms with Gasteiger partial charge in [0.05, 0.1) is 15.9 Å². The van der Waals surface area contributed by atoms with Gasteiger partial charge >= 0.3 is 0 Å². The molecular formula is C18H18N6OS. The van der Waals surface area contributed by atoms with Crippen molar-refractivity contribution in [3.8, 4) is 5.13 Å². The molecule has 0 saturated carbocycles. The van der Waals surface area contributed by atoms with Crippen LogP contribution in [0.5, 0.6) is 0 Å². The summed E-state index contributed by atoms with van der Waals surface area (Å²) in [5.41, 5.74) is 4.52. The first-order valence-electron chi connectivity index (χ1n) is 8.16. The second kappa shape index (κ2) is 6.06. The van der Waals surface area contributed by atoms with Gasteiger partial charge in [0.25, 0.3) is 5.91 Å². The van der Waals surface area contributed by atoms with Crippen molar-refractivity contribution < 1.29 is 4.79 Å². The van der Waals surface area contributed by atoms with E-state index >= 15 is 0 Å². The average Bonchev–Trinajstić information content (AvgIpc) is 3.27. The van der Waals surface area contributed by atoms with Crippen LogP contribution in [-0.2, 0) is 7.05 Å². The van der Waals surface area contributed by atoms with Crippen molar-refractivity contribution in [2.75, 3.05) is 5.32 Å². The molecule has 0 unspecified atom stereocenters. The zero-order valence-electron chi connectivity index (χ0n) is 14.9. The highest BCUT2D eigenvalue weighted by Gasteiger charge is 2.17. The highest BCUT2D eigenvalue weighted by atomic mass is 32.1. The maximum atomic E-state index is 12.4. The normalized spacial score (nSPS) is 11.2. The molecule has 0 atom stereocenters. The van der Waals surface area contributed by atoms with E-state index in [-0.39, 0.29) is 5.91 Å². The number of amides is 1. The number of anilines is 1. The Balaban J connectivity index is 1.72. The summed E-state index contributed by atoms with van der Waals surface area (Å²) in [6.07, 6.45) is 1.73. The van der Waals surface area contributed by atoms with Gasteiger partial charge in [-0.15, -0.1) is 0 Å². The number of thiazole rings is 1. The van der Waals surface area contributed by atoms with Crippen LogP contribution in [0.2, 0.25) is 0 Å². The Labute approximate surface area is 154 Å². The number of nitrogens with one attached hydrogen (secondary N) is 1. The lowest BCUT2D eigenvalue weighted by atomic mass is 10.1. The lowest BCUT2D eigenvalue weighted by Gasteiger charge is -2.04. The number of aryl methyl sites for hydroxylation is 4. The third-order valence-electron chi connectivity index (χ3n) is 4.19. The fourth-order valence-electron chi connectivity index (χ4n) is 2.71. The highest BCUT2D eigenvalue weighted by Crippen LogP contribution is 2.29. The first-order chi connectivity index (χ1) is 12.4. The minimum absolute atomic E-state index is 0.278. The Morgan fingerprint density at radius 2 is 1.88 bits per heavy atom. The van der Waals surface area contributed by atoms with E-state index in [4.69, 9.17) is 4.98 Å². The van der Waals surface area contributed by atoms with Crippen LogP contribution >= 0.6 is 11.3 Å². The highest BCUT2D eigenvalue weighted by molar-refractivity contribution is 7.20. The molecule has 0 radical (unpaired) electrons. The topological polar surface area (TPSA) is 77.6 Å². The summed E-state index contributed by atoms with van der Waals surface area (Å²) in [5, 5.41) is 12.2. The van der Waals surface area contributed by atoms with E-state index < -0.39 is 0 Å². The largest absolute Gasteiger partial charge is 0.305 e. The van der Waals surface area contributed by atoms with E-state index in [1.54, 1.807) is 40.0 Å². The van der Waals surface area contributed by atoms with Crippen LogP contribution in [0.1, 0.15) is 27.3 Å². The standard InChI is InChI=1S/C18H18N6OS/c1-10-7-14-15(8-11(10)2)26-18(19-14)24-16(9-12(3)21-24)20-17(25)13-5-6-23(4)22-13/h5-9H,1-4H3,(H,20,25). The minimum Gasteiger partial charge on any atom is -0.305 e. The minimum atomic E-state index is -0.278. The average molecular weight is 366 g/mol. The first kappa shape index (κ1) is 16.5. The molecule has 3 aromatic heterocycles. The Hall–Kier alpha value is -3.00. The van der Waals surface area contributed by atoms with E-state index in [0.717, 1.165) is 21.0 Å². The quantitative estimate of drug-likeness (QED) is 0.603. The maximum absolute atomic E-state index is 12.4. The van der Waals surface area contributed by atoms with Crippen molar-refractivity contribution in [1.82, 2.24) is 24.5 Å². The summed E-state index contributed by atoms with van der Waals surface area (Å²) in [7, 11) is 1.77. The molecule has 0 aliphatic rings. The van der Waals surface area contributed by atoms with Crippen LogP contribution in [0.3, 0.4) is 0 Å². The molecular weight excluding hydrogens is 348 g/mol. The van der Waals surface area contributed by atoms with Crippen molar-refractivity contribution in [3.63, 3.8) is 0 Å². The molecule has 8 heteroatoms. The number of aromatic nitrogens is 5. The van der Waals surface area contributed by atoms with Crippen molar-refractivity contribution in [3.05, 3.63) is 53.0 Å². The Bertz CT molecular complexity index is 1100. The Morgan fingerprint density at radius 3 is 2.62 bits per heavy atom. The third kappa shape index (κ3) is 2.88. The number of carbonyl (C=O) groups is 1. The molecule has 1 amide bonds. The van der Waals surface area contributed by atoms with E-state index in [1.807, 2.05) is 13.0 Å². The van der Waals surface area contributed by atoms with E-state index in [1.165, 1.54) is 11.1 Å². The van der Waals surface area contributed by atoms with Gasteiger partial charge in [-0.05, 0) is 50.1 Å². The molecule has 0 aliphatic heterocycles. The van der Waals surface area contributed by atoms with Crippen LogP contribution in [-0.4, -0.2) is 30.5 Å². The number of carbonyl (C=O) groups excluding carboxylic acids is 1. The SMILES string of the molecule is Cc1cc(NC(=O)c2ccn(C)n2)n(-c2nc3cc(C)c(C)cc3s2)n1. The monoisotopic (exact) mass is 366 g/mol. The van der Waals surface area contributed by atoms with Gasteiger partial charge in [0, 0.05) is 19.3 Å². The second-order valence-corrected chi connectivity index (χ2v) is 7.32. The van der Waals surface area contributed by atoms with Crippen molar-refractivity contribution >= 4 is 33.3 Å². The Kier molecular flexibility index (Phi) is 3.84. The van der Waals surface area contributed by atoms with Gasteiger partial charge in [0.1, 0.15) is 5.82 Å².